The normalized spacial score (nSPS) is 24.1. The zero-order chi connectivity index (χ0) is 16.8. The van der Waals surface area contributed by atoms with Gasteiger partial charge >= 0.3 is 5.97 Å². The second kappa shape index (κ2) is 5.33. The van der Waals surface area contributed by atoms with E-state index in [1.54, 1.807) is 13.0 Å². The van der Waals surface area contributed by atoms with Gasteiger partial charge in [0.1, 0.15) is 9.84 Å². The number of hydrogen-bond donors (Lipinski definition) is 2. The average Bonchev–Trinajstić information content (AvgIpc) is 3.19. The number of hydrogen-bond acceptors (Lipinski definition) is 4. The molecule has 1 aliphatic heterocycles. The van der Waals surface area contributed by atoms with E-state index in [0.29, 0.717) is 24.9 Å². The molecule has 7 heteroatoms. The molecule has 2 fully saturated rings. The number of anilines is 1. The third-order valence-corrected chi connectivity index (χ3v) is 6.72. The maximum Gasteiger partial charge on any atom is 0.335 e. The largest absolute Gasteiger partial charge is 0.478 e. The van der Waals surface area contributed by atoms with E-state index in [-0.39, 0.29) is 34.3 Å². The lowest BCUT2D eigenvalue weighted by molar-refractivity contribution is -0.118. The molecule has 1 spiro atoms. The molecule has 3 rings (SSSR count). The molecule has 1 saturated carbocycles. The highest BCUT2D eigenvalue weighted by atomic mass is 32.2. The summed E-state index contributed by atoms with van der Waals surface area (Å²) in [6, 6.07) is 4.61. The SMILES string of the molecule is Cc1ccc(C(=O)O)cc1NC(=O)C1CC12CCS(=O)(=O)CC2. The number of sulfone groups is 1. The first-order valence-corrected chi connectivity index (χ1v) is 9.40. The van der Waals surface area contributed by atoms with Gasteiger partial charge in [-0.15, -0.1) is 0 Å². The molecule has 1 aromatic rings. The lowest BCUT2D eigenvalue weighted by Crippen LogP contribution is -2.28. The van der Waals surface area contributed by atoms with Crippen molar-refractivity contribution in [3.63, 3.8) is 0 Å². The van der Waals surface area contributed by atoms with Crippen LogP contribution >= 0.6 is 0 Å². The minimum Gasteiger partial charge on any atom is -0.478 e. The second-order valence-corrected chi connectivity index (χ2v) is 8.90. The van der Waals surface area contributed by atoms with Crippen LogP contribution in [0.1, 0.15) is 35.2 Å². The van der Waals surface area contributed by atoms with E-state index in [9.17, 15) is 18.0 Å². The molecule has 23 heavy (non-hydrogen) atoms. The van der Waals surface area contributed by atoms with E-state index in [4.69, 9.17) is 5.11 Å². The number of benzene rings is 1. The van der Waals surface area contributed by atoms with Gasteiger partial charge in [0.05, 0.1) is 17.1 Å². The van der Waals surface area contributed by atoms with Crippen molar-refractivity contribution in [2.24, 2.45) is 11.3 Å². The van der Waals surface area contributed by atoms with E-state index in [2.05, 4.69) is 5.32 Å². The molecule has 0 bridgehead atoms. The van der Waals surface area contributed by atoms with Crippen LogP contribution in [0.25, 0.3) is 0 Å². The summed E-state index contributed by atoms with van der Waals surface area (Å²) in [5, 5.41) is 11.8. The Kier molecular flexibility index (Phi) is 3.71. The molecular formula is C16H19NO5S. The van der Waals surface area contributed by atoms with Gasteiger partial charge in [0.15, 0.2) is 0 Å². The first kappa shape index (κ1) is 16.0. The molecular weight excluding hydrogens is 318 g/mol. The molecule has 1 amide bonds. The third kappa shape index (κ3) is 3.10. The van der Waals surface area contributed by atoms with Crippen LogP contribution in [0, 0.1) is 18.3 Å². The molecule has 1 aliphatic carbocycles. The van der Waals surface area contributed by atoms with Gasteiger partial charge in [-0.3, -0.25) is 4.79 Å². The molecule has 2 aliphatic rings. The number of carboxylic acid groups (broad SMARTS) is 1. The second-order valence-electron chi connectivity index (χ2n) is 6.60. The van der Waals surface area contributed by atoms with Gasteiger partial charge in [0.25, 0.3) is 0 Å². The summed E-state index contributed by atoms with van der Waals surface area (Å²) in [6.07, 6.45) is 1.80. The van der Waals surface area contributed by atoms with E-state index in [0.717, 1.165) is 5.56 Å². The smallest absolute Gasteiger partial charge is 0.335 e. The molecule has 0 aromatic heterocycles. The van der Waals surface area contributed by atoms with Gasteiger partial charge in [-0.2, -0.15) is 0 Å². The fourth-order valence-corrected chi connectivity index (χ4v) is 4.96. The average molecular weight is 337 g/mol. The van der Waals surface area contributed by atoms with Gasteiger partial charge in [0, 0.05) is 11.6 Å². The lowest BCUT2D eigenvalue weighted by Gasteiger charge is -2.22. The predicted octanol–water partition coefficient (Wildman–Crippen LogP) is 1.85. The highest BCUT2D eigenvalue weighted by Crippen LogP contribution is 2.60. The van der Waals surface area contributed by atoms with Crippen LogP contribution in [0.3, 0.4) is 0 Å². The number of aryl methyl sites for hydroxylation is 1. The van der Waals surface area contributed by atoms with Crippen molar-refractivity contribution >= 4 is 27.4 Å². The van der Waals surface area contributed by atoms with Gasteiger partial charge in [-0.25, -0.2) is 13.2 Å². The van der Waals surface area contributed by atoms with Crippen LogP contribution in [0.15, 0.2) is 18.2 Å². The Hall–Kier alpha value is -1.89. The van der Waals surface area contributed by atoms with E-state index < -0.39 is 15.8 Å². The van der Waals surface area contributed by atoms with Crippen molar-refractivity contribution in [3.8, 4) is 0 Å². The maximum atomic E-state index is 12.4. The molecule has 0 radical (unpaired) electrons. The van der Waals surface area contributed by atoms with Crippen molar-refractivity contribution in [2.45, 2.75) is 26.2 Å². The number of nitrogens with one attached hydrogen (secondary N) is 1. The van der Waals surface area contributed by atoms with Gasteiger partial charge in [-0.05, 0) is 49.3 Å². The number of aromatic carboxylic acids is 1. The zero-order valence-electron chi connectivity index (χ0n) is 12.8. The van der Waals surface area contributed by atoms with Crippen LogP contribution in [0.5, 0.6) is 0 Å². The predicted molar refractivity (Wildman–Crippen MR) is 85.2 cm³/mol. The summed E-state index contributed by atoms with van der Waals surface area (Å²) in [4.78, 5) is 23.5. The maximum absolute atomic E-state index is 12.4. The minimum absolute atomic E-state index is 0.125. The number of carbonyl (C=O) groups excluding carboxylic acids is 1. The Morgan fingerprint density at radius 2 is 1.91 bits per heavy atom. The summed E-state index contributed by atoms with van der Waals surface area (Å²) in [6.45, 7) is 1.80. The molecule has 1 unspecified atom stereocenters. The van der Waals surface area contributed by atoms with Crippen molar-refractivity contribution in [1.82, 2.24) is 0 Å². The number of amides is 1. The molecule has 1 atom stereocenters. The van der Waals surface area contributed by atoms with E-state index in [1.165, 1.54) is 12.1 Å². The summed E-state index contributed by atoms with van der Waals surface area (Å²) in [5.41, 5.74) is 1.25. The number of carbonyl (C=O) groups is 2. The zero-order valence-corrected chi connectivity index (χ0v) is 13.6. The van der Waals surface area contributed by atoms with Crippen LogP contribution in [0.2, 0.25) is 0 Å². The minimum atomic E-state index is -2.94. The number of rotatable bonds is 3. The molecule has 124 valence electrons. The number of carboxylic acids is 1. The van der Waals surface area contributed by atoms with Gasteiger partial charge in [-0.1, -0.05) is 6.07 Å². The highest BCUT2D eigenvalue weighted by molar-refractivity contribution is 7.91. The summed E-state index contributed by atoms with van der Waals surface area (Å²) < 4.78 is 23.0. The van der Waals surface area contributed by atoms with Crippen LogP contribution in [-0.2, 0) is 14.6 Å². The van der Waals surface area contributed by atoms with Crippen molar-refractivity contribution in [1.29, 1.82) is 0 Å². The monoisotopic (exact) mass is 337 g/mol. The lowest BCUT2D eigenvalue weighted by atomic mass is 9.96. The first-order chi connectivity index (χ1) is 10.7. The van der Waals surface area contributed by atoms with Crippen LogP contribution in [0.4, 0.5) is 5.69 Å². The molecule has 1 aromatic carbocycles. The standard InChI is InChI=1S/C16H19NO5S/c1-10-2-3-11(15(19)20)8-13(10)17-14(18)12-9-16(12)4-6-23(21,22)7-5-16/h2-3,8,12H,4-7,9H2,1H3,(H,17,18)(H,19,20). The van der Waals surface area contributed by atoms with E-state index in [1.807, 2.05) is 0 Å². The Morgan fingerprint density at radius 3 is 2.52 bits per heavy atom. The van der Waals surface area contributed by atoms with Crippen molar-refractivity contribution in [3.05, 3.63) is 29.3 Å². The Balaban J connectivity index is 1.70. The summed E-state index contributed by atoms with van der Waals surface area (Å²) in [5.74, 6) is -1.05. The summed E-state index contributed by atoms with van der Waals surface area (Å²) >= 11 is 0. The van der Waals surface area contributed by atoms with Crippen LogP contribution in [-0.4, -0.2) is 36.9 Å². The molecule has 2 N–H and O–H groups in total. The van der Waals surface area contributed by atoms with Crippen molar-refractivity contribution in [2.75, 3.05) is 16.8 Å². The first-order valence-electron chi connectivity index (χ1n) is 7.58. The fraction of sp³-hybridized carbons (Fsp3) is 0.500. The quantitative estimate of drug-likeness (QED) is 0.876. The Morgan fingerprint density at radius 1 is 1.26 bits per heavy atom. The van der Waals surface area contributed by atoms with Crippen LogP contribution < -0.4 is 5.32 Å². The molecule has 1 saturated heterocycles. The molecule has 1 heterocycles. The van der Waals surface area contributed by atoms with Gasteiger partial charge < -0.3 is 10.4 Å². The van der Waals surface area contributed by atoms with E-state index >= 15 is 0 Å². The topological polar surface area (TPSA) is 101 Å². The molecule has 6 nitrogen and oxygen atoms in total. The summed E-state index contributed by atoms with van der Waals surface area (Å²) in [7, 11) is -2.94. The van der Waals surface area contributed by atoms with Gasteiger partial charge in [0.2, 0.25) is 5.91 Å². The Bertz CT molecular complexity index is 770. The fourth-order valence-electron chi connectivity index (χ4n) is 3.33. The Labute approximate surface area is 134 Å². The highest BCUT2D eigenvalue weighted by Gasteiger charge is 2.59. The van der Waals surface area contributed by atoms with Crippen molar-refractivity contribution < 1.29 is 23.1 Å². The third-order valence-electron chi connectivity index (χ3n) is 5.07.